The van der Waals surface area contributed by atoms with Crippen molar-refractivity contribution >= 4 is 26.9 Å². The van der Waals surface area contributed by atoms with Crippen molar-refractivity contribution in [3.05, 3.63) is 65.4 Å². The summed E-state index contributed by atoms with van der Waals surface area (Å²) in [6.45, 7) is 7.98. The van der Waals surface area contributed by atoms with Crippen LogP contribution in [0.4, 0.5) is 0 Å². The molecule has 1 aromatic heterocycles. The van der Waals surface area contributed by atoms with Crippen LogP contribution >= 0.6 is 0 Å². The molecule has 0 spiro atoms. The predicted molar refractivity (Wildman–Crippen MR) is 118 cm³/mol. The van der Waals surface area contributed by atoms with Crippen LogP contribution in [0.1, 0.15) is 48.5 Å². The van der Waals surface area contributed by atoms with Gasteiger partial charge < -0.3 is 9.32 Å². The zero-order valence-electron chi connectivity index (χ0n) is 18.0. The number of hydrogen-bond donors (Lipinski definition) is 0. The summed E-state index contributed by atoms with van der Waals surface area (Å²) in [6.07, 6.45) is 0. The topological polar surface area (TPSA) is 70.8 Å². The Morgan fingerprint density at radius 3 is 2.37 bits per heavy atom. The van der Waals surface area contributed by atoms with E-state index in [1.54, 1.807) is 44.9 Å². The fourth-order valence-electron chi connectivity index (χ4n) is 3.49. The minimum Gasteiger partial charge on any atom is -0.459 e. The van der Waals surface area contributed by atoms with Crippen LogP contribution < -0.4 is 0 Å². The fourth-order valence-corrected chi connectivity index (χ4v) is 5.20. The van der Waals surface area contributed by atoms with Gasteiger partial charge in [-0.15, -0.1) is 0 Å². The van der Waals surface area contributed by atoms with E-state index < -0.39 is 10.0 Å². The van der Waals surface area contributed by atoms with E-state index in [2.05, 4.69) is 0 Å². The van der Waals surface area contributed by atoms with Crippen molar-refractivity contribution in [1.29, 1.82) is 0 Å². The minimum absolute atomic E-state index is 0.168. The van der Waals surface area contributed by atoms with Crippen LogP contribution in [-0.4, -0.2) is 43.7 Å². The molecule has 1 atom stereocenters. The van der Waals surface area contributed by atoms with Gasteiger partial charge in [0.25, 0.3) is 5.91 Å². The Hall–Kier alpha value is -2.64. The first-order valence-electron chi connectivity index (χ1n) is 10.1. The molecule has 3 aromatic rings. The molecule has 0 aliphatic heterocycles. The quantitative estimate of drug-likeness (QED) is 0.551. The largest absolute Gasteiger partial charge is 0.459 e. The Kier molecular flexibility index (Phi) is 6.33. The Balaban J connectivity index is 1.92. The van der Waals surface area contributed by atoms with Gasteiger partial charge in [0.15, 0.2) is 0 Å². The summed E-state index contributed by atoms with van der Waals surface area (Å²) in [6, 6.07) is 14.1. The van der Waals surface area contributed by atoms with Gasteiger partial charge in [0.05, 0.1) is 10.9 Å². The summed E-state index contributed by atoms with van der Waals surface area (Å²) in [4.78, 5) is 14.9. The third-order valence-corrected chi connectivity index (χ3v) is 7.71. The van der Waals surface area contributed by atoms with E-state index in [9.17, 15) is 13.2 Å². The number of carbonyl (C=O) groups excluding carboxylic acids is 1. The molecule has 0 saturated heterocycles. The van der Waals surface area contributed by atoms with E-state index in [-0.39, 0.29) is 16.8 Å². The third kappa shape index (κ3) is 4.00. The molecule has 30 heavy (non-hydrogen) atoms. The van der Waals surface area contributed by atoms with Crippen molar-refractivity contribution in [2.24, 2.45) is 0 Å². The summed E-state index contributed by atoms with van der Waals surface area (Å²) < 4.78 is 33.3. The number of para-hydroxylation sites is 1. The van der Waals surface area contributed by atoms with Crippen LogP contribution in [-0.2, 0) is 10.0 Å². The molecule has 3 rings (SSSR count). The highest BCUT2D eigenvalue weighted by atomic mass is 32.2. The van der Waals surface area contributed by atoms with E-state index in [4.69, 9.17) is 4.42 Å². The predicted octanol–water partition coefficient (Wildman–Crippen LogP) is 4.60. The Labute approximate surface area is 178 Å². The molecule has 0 radical (unpaired) electrons. The first-order chi connectivity index (χ1) is 14.2. The maximum Gasteiger partial charge on any atom is 0.254 e. The smallest absolute Gasteiger partial charge is 0.254 e. The van der Waals surface area contributed by atoms with Crippen LogP contribution in [0, 0.1) is 6.92 Å². The Morgan fingerprint density at radius 2 is 1.73 bits per heavy atom. The summed E-state index contributed by atoms with van der Waals surface area (Å²) in [5, 5.41) is 0.975. The van der Waals surface area contributed by atoms with E-state index in [1.165, 1.54) is 10.4 Å². The second-order valence-corrected chi connectivity index (χ2v) is 9.25. The molecule has 0 N–H and O–H groups in total. The summed E-state index contributed by atoms with van der Waals surface area (Å²) >= 11 is 0. The van der Waals surface area contributed by atoms with Gasteiger partial charge in [-0.05, 0) is 43.7 Å². The molecule has 1 amide bonds. The van der Waals surface area contributed by atoms with Gasteiger partial charge in [-0.2, -0.15) is 4.31 Å². The second-order valence-electron chi connectivity index (χ2n) is 7.35. The molecule has 0 bridgehead atoms. The normalized spacial score (nSPS) is 13.0. The number of hydrogen-bond acceptors (Lipinski definition) is 4. The molecule has 0 aliphatic carbocycles. The number of benzene rings is 2. The second kappa shape index (κ2) is 8.62. The van der Waals surface area contributed by atoms with Crippen LogP contribution in [0.2, 0.25) is 0 Å². The number of amides is 1. The first-order valence-corrected chi connectivity index (χ1v) is 11.5. The highest BCUT2D eigenvalue weighted by Crippen LogP contribution is 2.28. The number of aryl methyl sites for hydroxylation is 1. The van der Waals surface area contributed by atoms with Crippen molar-refractivity contribution in [1.82, 2.24) is 9.21 Å². The monoisotopic (exact) mass is 428 g/mol. The van der Waals surface area contributed by atoms with Crippen LogP contribution in [0.5, 0.6) is 0 Å². The lowest BCUT2D eigenvalue weighted by atomic mass is 10.1. The lowest BCUT2D eigenvalue weighted by Gasteiger charge is -2.24. The van der Waals surface area contributed by atoms with Gasteiger partial charge in [-0.3, -0.25) is 4.79 Å². The number of fused-ring (bicyclic) bond motifs is 1. The van der Waals surface area contributed by atoms with E-state index >= 15 is 0 Å². The number of rotatable bonds is 7. The Bertz CT molecular complexity index is 1130. The molecule has 0 aliphatic rings. The average molecular weight is 429 g/mol. The number of nitrogens with zero attached hydrogens (tertiary/aromatic N) is 2. The van der Waals surface area contributed by atoms with Gasteiger partial charge in [-0.1, -0.05) is 38.1 Å². The van der Waals surface area contributed by atoms with Gasteiger partial charge in [0.2, 0.25) is 10.0 Å². The third-order valence-electron chi connectivity index (χ3n) is 5.52. The molecular weight excluding hydrogens is 400 g/mol. The van der Waals surface area contributed by atoms with Gasteiger partial charge in [0.1, 0.15) is 11.3 Å². The number of carbonyl (C=O) groups is 1. The molecule has 0 fully saturated rings. The maximum atomic E-state index is 13.1. The van der Waals surface area contributed by atoms with Gasteiger partial charge in [0, 0.05) is 31.1 Å². The van der Waals surface area contributed by atoms with Crippen molar-refractivity contribution in [2.75, 3.05) is 20.1 Å². The van der Waals surface area contributed by atoms with Crippen LogP contribution in [0.3, 0.4) is 0 Å². The SMILES string of the molecule is CCN(CC)S(=O)(=O)c1cc(C(=O)N(C)C(C)c2cc3ccccc3o2)ccc1C. The molecule has 6 nitrogen and oxygen atoms in total. The maximum absolute atomic E-state index is 13.1. The van der Waals surface area contributed by atoms with Crippen molar-refractivity contribution < 1.29 is 17.6 Å². The first kappa shape index (κ1) is 22.1. The molecule has 160 valence electrons. The number of sulfonamides is 1. The molecule has 2 aromatic carbocycles. The Morgan fingerprint density at radius 1 is 1.07 bits per heavy atom. The summed E-state index contributed by atoms with van der Waals surface area (Å²) in [5.41, 5.74) is 1.71. The zero-order chi connectivity index (χ0) is 22.1. The standard InChI is InChI=1S/C23H28N2O4S/c1-6-25(7-2)30(27,28)22-15-19(13-12-16(22)3)23(26)24(5)17(4)21-14-18-10-8-9-11-20(18)29-21/h8-15,17H,6-7H2,1-5H3. The highest BCUT2D eigenvalue weighted by Gasteiger charge is 2.27. The molecule has 0 saturated carbocycles. The summed E-state index contributed by atoms with van der Waals surface area (Å²) in [5.74, 6) is 0.411. The molecular formula is C23H28N2O4S. The van der Waals surface area contributed by atoms with E-state index in [0.717, 1.165) is 11.0 Å². The highest BCUT2D eigenvalue weighted by molar-refractivity contribution is 7.89. The van der Waals surface area contributed by atoms with Crippen LogP contribution in [0.15, 0.2) is 57.8 Å². The van der Waals surface area contributed by atoms with Gasteiger partial charge >= 0.3 is 0 Å². The fraction of sp³-hybridized carbons (Fsp3) is 0.348. The van der Waals surface area contributed by atoms with Gasteiger partial charge in [-0.25, -0.2) is 8.42 Å². The summed E-state index contributed by atoms with van der Waals surface area (Å²) in [7, 11) is -1.97. The lowest BCUT2D eigenvalue weighted by molar-refractivity contribution is 0.0727. The lowest BCUT2D eigenvalue weighted by Crippen LogP contribution is -2.32. The average Bonchev–Trinajstić information content (AvgIpc) is 3.17. The van der Waals surface area contributed by atoms with E-state index in [0.29, 0.717) is 30.0 Å². The minimum atomic E-state index is -3.66. The van der Waals surface area contributed by atoms with Crippen molar-refractivity contribution in [3.8, 4) is 0 Å². The molecule has 1 heterocycles. The van der Waals surface area contributed by atoms with Crippen molar-refractivity contribution in [3.63, 3.8) is 0 Å². The molecule has 1 unspecified atom stereocenters. The van der Waals surface area contributed by atoms with Crippen molar-refractivity contribution in [2.45, 2.75) is 38.6 Å². The van der Waals surface area contributed by atoms with Crippen LogP contribution in [0.25, 0.3) is 11.0 Å². The van der Waals surface area contributed by atoms with E-state index in [1.807, 2.05) is 37.3 Å². The zero-order valence-corrected chi connectivity index (χ0v) is 18.9. The molecule has 7 heteroatoms. The number of furan rings is 1.